The Morgan fingerprint density at radius 2 is 1.67 bits per heavy atom. The zero-order chi connectivity index (χ0) is 17.3. The Labute approximate surface area is 152 Å². The van der Waals surface area contributed by atoms with E-state index >= 15 is 0 Å². The Bertz CT molecular complexity index is 988. The fourth-order valence-corrected chi connectivity index (χ4v) is 3.66. The molecule has 0 amide bonds. The van der Waals surface area contributed by atoms with Crippen molar-refractivity contribution in [2.75, 3.05) is 0 Å². The van der Waals surface area contributed by atoms with Gasteiger partial charge in [-0.05, 0) is 52.9 Å². The fourth-order valence-electron chi connectivity index (χ4n) is 2.01. The second kappa shape index (κ2) is 6.68. The van der Waals surface area contributed by atoms with Crippen LogP contribution in [-0.4, -0.2) is 28.6 Å². The van der Waals surface area contributed by atoms with Crippen LogP contribution in [0.4, 0.5) is 0 Å². The molecule has 1 heterocycles. The second-order valence-electron chi connectivity index (χ2n) is 4.82. The van der Waals surface area contributed by atoms with E-state index in [4.69, 9.17) is 34.8 Å². The molecule has 0 atom stereocenters. The van der Waals surface area contributed by atoms with Crippen molar-refractivity contribution in [1.29, 1.82) is 0 Å². The third-order valence-corrected chi connectivity index (χ3v) is 5.79. The molecule has 2 aromatic carbocycles. The summed E-state index contributed by atoms with van der Waals surface area (Å²) in [6.07, 6.45) is 0. The van der Waals surface area contributed by atoms with Crippen LogP contribution in [0, 0.1) is 0 Å². The number of tetrazole rings is 1. The van der Waals surface area contributed by atoms with Crippen LogP contribution in [0.3, 0.4) is 0 Å². The molecule has 1 aromatic heterocycles. The van der Waals surface area contributed by atoms with Crippen LogP contribution in [-0.2, 0) is 15.6 Å². The predicted molar refractivity (Wildman–Crippen MR) is 91.5 cm³/mol. The number of rotatable bonds is 4. The van der Waals surface area contributed by atoms with Gasteiger partial charge in [0.15, 0.2) is 15.7 Å². The van der Waals surface area contributed by atoms with Crippen LogP contribution in [0.25, 0.3) is 5.69 Å². The highest BCUT2D eigenvalue weighted by Gasteiger charge is 2.21. The van der Waals surface area contributed by atoms with E-state index in [0.29, 0.717) is 20.8 Å². The van der Waals surface area contributed by atoms with Crippen LogP contribution in [0.5, 0.6) is 0 Å². The minimum atomic E-state index is -3.63. The summed E-state index contributed by atoms with van der Waals surface area (Å²) in [5.74, 6) is -0.217. The van der Waals surface area contributed by atoms with Crippen molar-refractivity contribution >= 4 is 44.6 Å². The van der Waals surface area contributed by atoms with Gasteiger partial charge in [0.25, 0.3) is 0 Å². The molecule has 24 heavy (non-hydrogen) atoms. The number of hydrogen-bond acceptors (Lipinski definition) is 5. The molecular weight excluding hydrogens is 395 g/mol. The molecule has 0 unspecified atom stereocenters. The van der Waals surface area contributed by atoms with Crippen molar-refractivity contribution in [1.82, 2.24) is 20.2 Å². The molecule has 124 valence electrons. The molecule has 0 saturated carbocycles. The van der Waals surface area contributed by atoms with Crippen LogP contribution in [0.1, 0.15) is 5.82 Å². The van der Waals surface area contributed by atoms with E-state index in [-0.39, 0.29) is 16.5 Å². The largest absolute Gasteiger partial charge is 0.223 e. The van der Waals surface area contributed by atoms with Crippen LogP contribution < -0.4 is 0 Å². The maximum absolute atomic E-state index is 12.5. The molecule has 0 N–H and O–H groups in total. The molecule has 0 saturated heterocycles. The Morgan fingerprint density at radius 1 is 0.958 bits per heavy atom. The lowest BCUT2D eigenvalue weighted by Crippen LogP contribution is -2.11. The van der Waals surface area contributed by atoms with Gasteiger partial charge in [-0.15, -0.1) is 5.10 Å². The molecule has 3 rings (SSSR count). The Hall–Kier alpha value is -1.67. The molecule has 0 aliphatic rings. The highest BCUT2D eigenvalue weighted by atomic mass is 35.5. The standard InChI is InChI=1S/C14H9Cl3N4O2S/c15-9-1-4-11(5-2-9)24(22,23)8-14-18-19-20-21(14)10-3-6-12(16)13(17)7-10/h1-7H,8H2. The maximum Gasteiger partial charge on any atom is 0.185 e. The van der Waals surface area contributed by atoms with E-state index in [1.54, 1.807) is 18.2 Å². The van der Waals surface area contributed by atoms with Gasteiger partial charge in [0.05, 0.1) is 20.6 Å². The lowest BCUT2D eigenvalue weighted by atomic mass is 10.3. The molecule has 0 bridgehead atoms. The highest BCUT2D eigenvalue weighted by molar-refractivity contribution is 7.90. The number of hydrogen-bond donors (Lipinski definition) is 0. The Balaban J connectivity index is 1.96. The summed E-state index contributed by atoms with van der Waals surface area (Å²) in [5.41, 5.74) is 0.510. The minimum absolute atomic E-state index is 0.135. The SMILES string of the molecule is O=S(=O)(Cc1nnnn1-c1ccc(Cl)c(Cl)c1)c1ccc(Cl)cc1. The van der Waals surface area contributed by atoms with Gasteiger partial charge in [-0.2, -0.15) is 4.68 Å². The zero-order valence-electron chi connectivity index (χ0n) is 11.9. The summed E-state index contributed by atoms with van der Waals surface area (Å²) < 4.78 is 26.3. The fraction of sp³-hybridized carbons (Fsp3) is 0.0714. The van der Waals surface area contributed by atoms with Gasteiger partial charge >= 0.3 is 0 Å². The quantitative estimate of drug-likeness (QED) is 0.665. The number of benzene rings is 2. The average Bonchev–Trinajstić information content (AvgIpc) is 2.98. The third-order valence-electron chi connectivity index (χ3n) is 3.17. The number of halogens is 3. The first-order valence-corrected chi connectivity index (χ1v) is 9.36. The molecule has 0 aliphatic heterocycles. The first-order valence-electron chi connectivity index (χ1n) is 6.58. The predicted octanol–water partition coefficient (Wildman–Crippen LogP) is 3.60. The number of nitrogens with zero attached hydrogens (tertiary/aromatic N) is 4. The molecule has 10 heteroatoms. The Kier molecular flexibility index (Phi) is 4.78. The first kappa shape index (κ1) is 17.2. The van der Waals surface area contributed by atoms with Gasteiger partial charge in [0.2, 0.25) is 0 Å². The minimum Gasteiger partial charge on any atom is -0.223 e. The molecular formula is C14H9Cl3N4O2S. The lowest BCUT2D eigenvalue weighted by molar-refractivity contribution is 0.592. The van der Waals surface area contributed by atoms with Crippen molar-refractivity contribution in [3.05, 3.63) is 63.4 Å². The second-order valence-corrected chi connectivity index (χ2v) is 8.06. The van der Waals surface area contributed by atoms with Gasteiger partial charge in [-0.3, -0.25) is 0 Å². The van der Waals surface area contributed by atoms with Gasteiger partial charge < -0.3 is 0 Å². The van der Waals surface area contributed by atoms with Crippen molar-refractivity contribution < 1.29 is 8.42 Å². The van der Waals surface area contributed by atoms with E-state index in [2.05, 4.69) is 15.5 Å². The van der Waals surface area contributed by atoms with E-state index in [9.17, 15) is 8.42 Å². The monoisotopic (exact) mass is 402 g/mol. The summed E-state index contributed by atoms with van der Waals surface area (Å²) in [5, 5.41) is 12.3. The summed E-state index contributed by atoms with van der Waals surface area (Å²) in [6, 6.07) is 10.7. The van der Waals surface area contributed by atoms with Crippen molar-refractivity contribution in [3.8, 4) is 5.69 Å². The van der Waals surface area contributed by atoms with Gasteiger partial charge in [0.1, 0.15) is 5.75 Å². The van der Waals surface area contributed by atoms with Crippen LogP contribution in [0.2, 0.25) is 15.1 Å². The van der Waals surface area contributed by atoms with Crippen molar-refractivity contribution in [2.45, 2.75) is 10.6 Å². The number of sulfone groups is 1. The summed E-state index contributed by atoms with van der Waals surface area (Å²) >= 11 is 17.6. The first-order chi connectivity index (χ1) is 11.4. The van der Waals surface area contributed by atoms with E-state index < -0.39 is 9.84 Å². The summed E-state index contributed by atoms with van der Waals surface area (Å²) in [7, 11) is -3.63. The molecule has 0 radical (unpaired) electrons. The van der Waals surface area contributed by atoms with Gasteiger partial charge in [-0.25, -0.2) is 8.42 Å². The smallest absolute Gasteiger partial charge is 0.185 e. The molecule has 3 aromatic rings. The molecule has 6 nitrogen and oxygen atoms in total. The van der Waals surface area contributed by atoms with Crippen molar-refractivity contribution in [2.24, 2.45) is 0 Å². The third kappa shape index (κ3) is 3.54. The van der Waals surface area contributed by atoms with Crippen molar-refractivity contribution in [3.63, 3.8) is 0 Å². The Morgan fingerprint density at radius 3 is 2.33 bits per heavy atom. The highest BCUT2D eigenvalue weighted by Crippen LogP contribution is 2.25. The van der Waals surface area contributed by atoms with Gasteiger partial charge in [0, 0.05) is 5.02 Å². The van der Waals surface area contributed by atoms with E-state index in [1.165, 1.54) is 28.9 Å². The van der Waals surface area contributed by atoms with E-state index in [1.807, 2.05) is 0 Å². The lowest BCUT2D eigenvalue weighted by Gasteiger charge is -2.07. The maximum atomic E-state index is 12.5. The summed E-state index contributed by atoms with van der Waals surface area (Å²) in [6.45, 7) is 0. The van der Waals surface area contributed by atoms with Crippen LogP contribution in [0.15, 0.2) is 47.4 Å². The average molecular weight is 404 g/mol. The molecule has 0 aliphatic carbocycles. The normalized spacial score (nSPS) is 11.6. The molecule has 0 spiro atoms. The van der Waals surface area contributed by atoms with Gasteiger partial charge in [-0.1, -0.05) is 34.8 Å². The summed E-state index contributed by atoms with van der Waals surface area (Å²) in [4.78, 5) is 0.135. The zero-order valence-corrected chi connectivity index (χ0v) is 15.0. The topological polar surface area (TPSA) is 77.7 Å². The van der Waals surface area contributed by atoms with Crippen LogP contribution >= 0.6 is 34.8 Å². The van der Waals surface area contributed by atoms with E-state index in [0.717, 1.165) is 0 Å². The molecule has 0 fully saturated rings. The number of aromatic nitrogens is 4.